The summed E-state index contributed by atoms with van der Waals surface area (Å²) >= 11 is 6.01. The maximum Gasteiger partial charge on any atom is 0.130 e. The molecule has 1 N–H and O–H groups in total. The molecule has 0 bridgehead atoms. The smallest absolute Gasteiger partial charge is 0.130 e. The lowest BCUT2D eigenvalue weighted by Gasteiger charge is -2.17. The minimum atomic E-state index is 0.0824. The standard InChI is InChI=1S/C23H22ClN5/c1-15(18-5-4-6-19(11-18)20-13-25-29(3)14-20)26-23-12-22(27-16(2)28-23)17-7-9-21(24)10-8-17/h4-15H,1-3H3,(H,26,27,28). The zero-order valence-electron chi connectivity index (χ0n) is 16.6. The first-order valence-electron chi connectivity index (χ1n) is 9.45. The van der Waals surface area contributed by atoms with Crippen LogP contribution in [0.15, 0.2) is 67.0 Å². The fraction of sp³-hybridized carbons (Fsp3) is 0.174. The van der Waals surface area contributed by atoms with Crippen molar-refractivity contribution in [3.05, 3.63) is 83.4 Å². The largest absolute Gasteiger partial charge is 0.363 e. The van der Waals surface area contributed by atoms with Gasteiger partial charge in [-0.2, -0.15) is 5.10 Å². The van der Waals surface area contributed by atoms with E-state index in [0.29, 0.717) is 5.02 Å². The Kier molecular flexibility index (Phi) is 5.32. The third-order valence-corrected chi connectivity index (χ3v) is 5.02. The van der Waals surface area contributed by atoms with E-state index in [2.05, 4.69) is 51.6 Å². The SMILES string of the molecule is Cc1nc(NC(C)c2cccc(-c3cnn(C)c3)c2)cc(-c2ccc(Cl)cc2)n1. The summed E-state index contributed by atoms with van der Waals surface area (Å²) in [5.41, 5.74) is 5.30. The second-order valence-electron chi connectivity index (χ2n) is 7.09. The Labute approximate surface area is 175 Å². The van der Waals surface area contributed by atoms with E-state index in [-0.39, 0.29) is 6.04 Å². The zero-order valence-corrected chi connectivity index (χ0v) is 17.4. The fourth-order valence-electron chi connectivity index (χ4n) is 3.27. The fourth-order valence-corrected chi connectivity index (χ4v) is 3.40. The van der Waals surface area contributed by atoms with Gasteiger partial charge in [-0.25, -0.2) is 9.97 Å². The van der Waals surface area contributed by atoms with Crippen LogP contribution in [0.2, 0.25) is 5.02 Å². The molecule has 0 amide bonds. The van der Waals surface area contributed by atoms with E-state index in [0.717, 1.165) is 34.0 Å². The molecule has 146 valence electrons. The van der Waals surface area contributed by atoms with Crippen molar-refractivity contribution in [2.75, 3.05) is 5.32 Å². The molecule has 0 aliphatic rings. The van der Waals surface area contributed by atoms with Crippen molar-refractivity contribution in [3.63, 3.8) is 0 Å². The molecule has 0 saturated carbocycles. The third kappa shape index (κ3) is 4.46. The van der Waals surface area contributed by atoms with E-state index >= 15 is 0 Å². The molecule has 6 heteroatoms. The quantitative estimate of drug-likeness (QED) is 0.465. The van der Waals surface area contributed by atoms with Gasteiger partial charge in [-0.1, -0.05) is 41.9 Å². The number of benzene rings is 2. The predicted octanol–water partition coefficient (Wildman–Crippen LogP) is 5.68. The number of aryl methyl sites for hydroxylation is 2. The number of hydrogen-bond acceptors (Lipinski definition) is 4. The first kappa shape index (κ1) is 19.2. The summed E-state index contributed by atoms with van der Waals surface area (Å²) in [4.78, 5) is 9.13. The van der Waals surface area contributed by atoms with Crippen LogP contribution < -0.4 is 5.32 Å². The molecule has 0 aliphatic carbocycles. The average molecular weight is 404 g/mol. The van der Waals surface area contributed by atoms with Gasteiger partial charge in [0.2, 0.25) is 0 Å². The highest BCUT2D eigenvalue weighted by atomic mass is 35.5. The second-order valence-corrected chi connectivity index (χ2v) is 7.52. The average Bonchev–Trinajstić information content (AvgIpc) is 3.14. The highest BCUT2D eigenvalue weighted by Crippen LogP contribution is 2.26. The minimum Gasteiger partial charge on any atom is -0.363 e. The molecular weight excluding hydrogens is 382 g/mol. The Morgan fingerprint density at radius 3 is 2.48 bits per heavy atom. The summed E-state index contributed by atoms with van der Waals surface area (Å²) in [6, 6.07) is 18.2. The number of anilines is 1. The molecule has 2 aromatic carbocycles. The molecule has 29 heavy (non-hydrogen) atoms. The van der Waals surface area contributed by atoms with Gasteiger partial charge in [0.05, 0.1) is 11.9 Å². The lowest BCUT2D eigenvalue weighted by Crippen LogP contribution is -2.09. The van der Waals surface area contributed by atoms with E-state index in [4.69, 9.17) is 11.6 Å². The van der Waals surface area contributed by atoms with Crippen LogP contribution in [0.3, 0.4) is 0 Å². The van der Waals surface area contributed by atoms with Crippen molar-refractivity contribution >= 4 is 17.4 Å². The summed E-state index contributed by atoms with van der Waals surface area (Å²) in [7, 11) is 1.92. The van der Waals surface area contributed by atoms with Crippen LogP contribution in [0.25, 0.3) is 22.4 Å². The van der Waals surface area contributed by atoms with Gasteiger partial charge in [0.15, 0.2) is 0 Å². The van der Waals surface area contributed by atoms with Crippen molar-refractivity contribution in [1.29, 1.82) is 0 Å². The van der Waals surface area contributed by atoms with Gasteiger partial charge in [-0.15, -0.1) is 0 Å². The molecule has 0 fully saturated rings. The van der Waals surface area contributed by atoms with E-state index in [9.17, 15) is 0 Å². The van der Waals surface area contributed by atoms with Crippen molar-refractivity contribution in [1.82, 2.24) is 19.7 Å². The van der Waals surface area contributed by atoms with Crippen LogP contribution >= 0.6 is 11.6 Å². The van der Waals surface area contributed by atoms with Gasteiger partial charge in [0.1, 0.15) is 11.6 Å². The molecule has 5 nitrogen and oxygen atoms in total. The van der Waals surface area contributed by atoms with Gasteiger partial charge in [-0.05, 0) is 43.2 Å². The van der Waals surface area contributed by atoms with Gasteiger partial charge >= 0.3 is 0 Å². The summed E-state index contributed by atoms with van der Waals surface area (Å²) in [6.07, 6.45) is 3.90. The second kappa shape index (κ2) is 8.05. The molecule has 0 saturated heterocycles. The van der Waals surface area contributed by atoms with Crippen LogP contribution in [0.1, 0.15) is 24.4 Å². The van der Waals surface area contributed by atoms with Gasteiger partial charge in [0, 0.05) is 41.5 Å². The Bertz CT molecular complexity index is 1130. The van der Waals surface area contributed by atoms with E-state index < -0.39 is 0 Å². The van der Waals surface area contributed by atoms with Crippen molar-refractivity contribution in [2.24, 2.45) is 7.05 Å². The van der Waals surface area contributed by atoms with Crippen LogP contribution in [-0.4, -0.2) is 19.7 Å². The molecular formula is C23H22ClN5. The molecule has 0 aliphatic heterocycles. The Hall–Kier alpha value is -3.18. The number of nitrogens with one attached hydrogen (secondary N) is 1. The monoisotopic (exact) mass is 403 g/mol. The highest BCUT2D eigenvalue weighted by molar-refractivity contribution is 6.30. The summed E-state index contributed by atoms with van der Waals surface area (Å²) in [6.45, 7) is 4.03. The van der Waals surface area contributed by atoms with Crippen LogP contribution in [0.5, 0.6) is 0 Å². The van der Waals surface area contributed by atoms with Crippen LogP contribution in [-0.2, 0) is 7.05 Å². The van der Waals surface area contributed by atoms with Gasteiger partial charge in [0.25, 0.3) is 0 Å². The number of halogens is 1. The predicted molar refractivity (Wildman–Crippen MR) is 118 cm³/mol. The topological polar surface area (TPSA) is 55.6 Å². The molecule has 0 spiro atoms. The van der Waals surface area contributed by atoms with Crippen molar-refractivity contribution in [2.45, 2.75) is 19.9 Å². The lowest BCUT2D eigenvalue weighted by atomic mass is 10.0. The molecule has 1 unspecified atom stereocenters. The number of nitrogens with zero attached hydrogens (tertiary/aromatic N) is 4. The first-order chi connectivity index (χ1) is 14.0. The molecule has 2 aromatic heterocycles. The summed E-state index contributed by atoms with van der Waals surface area (Å²) in [5.74, 6) is 1.51. The molecule has 4 rings (SSSR count). The van der Waals surface area contributed by atoms with Crippen molar-refractivity contribution < 1.29 is 0 Å². The highest BCUT2D eigenvalue weighted by Gasteiger charge is 2.11. The molecule has 1 atom stereocenters. The third-order valence-electron chi connectivity index (χ3n) is 4.77. The molecule has 0 radical (unpaired) electrons. The van der Waals surface area contributed by atoms with Gasteiger partial charge < -0.3 is 5.32 Å². The first-order valence-corrected chi connectivity index (χ1v) is 9.83. The van der Waals surface area contributed by atoms with Crippen molar-refractivity contribution in [3.8, 4) is 22.4 Å². The number of rotatable bonds is 5. The molecule has 2 heterocycles. The van der Waals surface area contributed by atoms with E-state index in [1.807, 2.05) is 61.4 Å². The number of hydrogen-bond donors (Lipinski definition) is 1. The maximum absolute atomic E-state index is 6.01. The Morgan fingerprint density at radius 1 is 0.966 bits per heavy atom. The van der Waals surface area contributed by atoms with Gasteiger partial charge in [-0.3, -0.25) is 4.68 Å². The Morgan fingerprint density at radius 2 is 1.76 bits per heavy atom. The normalized spacial score (nSPS) is 12.0. The van der Waals surface area contributed by atoms with E-state index in [1.54, 1.807) is 0 Å². The van der Waals surface area contributed by atoms with Crippen LogP contribution in [0.4, 0.5) is 5.82 Å². The summed E-state index contributed by atoms with van der Waals surface area (Å²) in [5, 5.41) is 8.48. The number of aromatic nitrogens is 4. The Balaban J connectivity index is 1.58. The maximum atomic E-state index is 6.01. The lowest BCUT2D eigenvalue weighted by molar-refractivity contribution is 0.768. The zero-order chi connectivity index (χ0) is 20.4. The summed E-state index contributed by atoms with van der Waals surface area (Å²) < 4.78 is 1.81. The van der Waals surface area contributed by atoms with Crippen LogP contribution in [0, 0.1) is 6.92 Å². The molecule has 4 aromatic rings. The van der Waals surface area contributed by atoms with E-state index in [1.165, 1.54) is 5.56 Å². The minimum absolute atomic E-state index is 0.0824.